The monoisotopic (exact) mass is 474 g/mol. The maximum Gasteiger partial charge on any atom is 0.246 e. The molecule has 2 aromatic carbocycles. The second kappa shape index (κ2) is 11.4. The Morgan fingerprint density at radius 2 is 1.46 bits per heavy atom. The van der Waals surface area contributed by atoms with E-state index in [2.05, 4.69) is 44.8 Å². The Morgan fingerprint density at radius 3 is 2.14 bits per heavy atom. The highest BCUT2D eigenvalue weighted by atomic mass is 16.2. The minimum atomic E-state index is -0.806. The Bertz CT molecular complexity index is 1250. The smallest absolute Gasteiger partial charge is 0.246 e. The molecule has 35 heavy (non-hydrogen) atoms. The molecule has 3 rings (SSSR count). The van der Waals surface area contributed by atoms with Crippen LogP contribution >= 0.6 is 0 Å². The van der Waals surface area contributed by atoms with E-state index < -0.39 is 29.9 Å². The zero-order valence-corrected chi connectivity index (χ0v) is 20.4. The van der Waals surface area contributed by atoms with Crippen LogP contribution < -0.4 is 26.3 Å². The predicted molar refractivity (Wildman–Crippen MR) is 138 cm³/mol. The number of nitrogens with two attached hydrogens (primary N) is 1. The number of hydrogen-bond acceptors (Lipinski definition) is 4. The molecule has 8 heteroatoms. The van der Waals surface area contributed by atoms with E-state index in [0.717, 1.165) is 16.6 Å². The molecule has 1 aromatic heterocycles. The molecule has 0 bridgehead atoms. The van der Waals surface area contributed by atoms with Crippen molar-refractivity contribution in [1.82, 2.24) is 10.6 Å². The third-order valence-corrected chi connectivity index (χ3v) is 5.62. The van der Waals surface area contributed by atoms with E-state index in [-0.39, 0.29) is 5.91 Å². The number of nitrogens with one attached hydrogen (secondary N) is 3. The molecule has 0 aliphatic heterocycles. The van der Waals surface area contributed by atoms with Gasteiger partial charge in [-0.25, -0.2) is 4.57 Å². The molecule has 182 valence electrons. The maximum absolute atomic E-state index is 12.5. The van der Waals surface area contributed by atoms with Crippen molar-refractivity contribution in [1.29, 1.82) is 0 Å². The lowest BCUT2D eigenvalue weighted by Crippen LogP contribution is -2.52. The molecule has 5 N–H and O–H groups in total. The van der Waals surface area contributed by atoms with Crippen LogP contribution in [0.3, 0.4) is 0 Å². The molecule has 0 unspecified atom stereocenters. The van der Waals surface area contributed by atoms with Gasteiger partial charge in [-0.2, -0.15) is 0 Å². The summed E-state index contributed by atoms with van der Waals surface area (Å²) in [6, 6.07) is 15.4. The van der Waals surface area contributed by atoms with Crippen molar-refractivity contribution < 1.29 is 19.0 Å². The third kappa shape index (κ3) is 6.74. The van der Waals surface area contributed by atoms with Gasteiger partial charge in [0, 0.05) is 17.8 Å². The SMILES string of the molecule is C[C@H](N)C(=O)N[C@@H](C)C(=O)N[C@@H](C)C(=O)Nc1ccc(C=Cc2cc[n+](C)c3ccccc23)cc1. The molecule has 0 fully saturated rings. The quantitative estimate of drug-likeness (QED) is 0.374. The molecule has 8 nitrogen and oxygen atoms in total. The first-order chi connectivity index (χ1) is 16.7. The van der Waals surface area contributed by atoms with Crippen molar-refractivity contribution >= 4 is 46.5 Å². The summed E-state index contributed by atoms with van der Waals surface area (Å²) in [5, 5.41) is 9.05. The number of nitrogens with zero attached hydrogens (tertiary/aromatic N) is 1. The molecule has 1 heterocycles. The van der Waals surface area contributed by atoms with Crippen molar-refractivity contribution in [2.75, 3.05) is 5.32 Å². The van der Waals surface area contributed by atoms with E-state index >= 15 is 0 Å². The summed E-state index contributed by atoms with van der Waals surface area (Å²) in [4.78, 5) is 36.4. The average Bonchev–Trinajstić information content (AvgIpc) is 2.84. The normalized spacial score (nSPS) is 13.7. The van der Waals surface area contributed by atoms with Crippen molar-refractivity contribution in [3.8, 4) is 0 Å². The molecule has 0 aliphatic carbocycles. The Hall–Kier alpha value is -4.04. The van der Waals surface area contributed by atoms with E-state index in [9.17, 15) is 14.4 Å². The summed E-state index contributed by atoms with van der Waals surface area (Å²) in [7, 11) is 2.02. The van der Waals surface area contributed by atoms with Gasteiger partial charge in [0.25, 0.3) is 0 Å². The second-order valence-electron chi connectivity index (χ2n) is 8.59. The van der Waals surface area contributed by atoms with Crippen LogP contribution in [0.2, 0.25) is 0 Å². The highest BCUT2D eigenvalue weighted by Gasteiger charge is 2.22. The summed E-state index contributed by atoms with van der Waals surface area (Å²) < 4.78 is 2.09. The fourth-order valence-electron chi connectivity index (χ4n) is 3.46. The van der Waals surface area contributed by atoms with Crippen LogP contribution in [-0.4, -0.2) is 35.8 Å². The lowest BCUT2D eigenvalue weighted by molar-refractivity contribution is -0.644. The van der Waals surface area contributed by atoms with Crippen LogP contribution in [-0.2, 0) is 21.4 Å². The van der Waals surface area contributed by atoms with E-state index in [0.29, 0.717) is 5.69 Å². The fraction of sp³-hybridized carbons (Fsp3) is 0.259. The number of aromatic nitrogens is 1. The van der Waals surface area contributed by atoms with E-state index in [1.165, 1.54) is 19.2 Å². The number of pyridine rings is 1. The molecule has 0 aliphatic rings. The number of aryl methyl sites for hydroxylation is 1. The highest BCUT2D eigenvalue weighted by molar-refractivity contribution is 5.98. The van der Waals surface area contributed by atoms with Crippen LogP contribution in [0.25, 0.3) is 23.1 Å². The van der Waals surface area contributed by atoms with Gasteiger partial charge in [-0.05, 0) is 50.1 Å². The number of hydrogen-bond donors (Lipinski definition) is 4. The first-order valence-electron chi connectivity index (χ1n) is 11.5. The van der Waals surface area contributed by atoms with Crippen LogP contribution in [0, 0.1) is 0 Å². The topological polar surface area (TPSA) is 117 Å². The zero-order chi connectivity index (χ0) is 25.5. The van der Waals surface area contributed by atoms with Crippen LogP contribution in [0.1, 0.15) is 31.9 Å². The molecule has 0 saturated heterocycles. The molecule has 0 saturated carbocycles. The zero-order valence-electron chi connectivity index (χ0n) is 20.4. The van der Waals surface area contributed by atoms with Crippen LogP contribution in [0.4, 0.5) is 5.69 Å². The molecule has 3 aromatic rings. The number of anilines is 1. The number of fused-ring (bicyclic) bond motifs is 1. The Balaban J connectivity index is 1.58. The van der Waals surface area contributed by atoms with Crippen molar-refractivity contribution in [2.45, 2.75) is 38.9 Å². The molecule has 0 radical (unpaired) electrons. The Morgan fingerprint density at radius 1 is 0.829 bits per heavy atom. The maximum atomic E-state index is 12.5. The van der Waals surface area contributed by atoms with Crippen LogP contribution in [0.15, 0.2) is 60.8 Å². The van der Waals surface area contributed by atoms with Gasteiger partial charge in [0.15, 0.2) is 6.20 Å². The van der Waals surface area contributed by atoms with E-state index in [1.807, 2.05) is 43.6 Å². The second-order valence-corrected chi connectivity index (χ2v) is 8.59. The van der Waals surface area contributed by atoms with Crippen molar-refractivity contribution in [2.24, 2.45) is 12.8 Å². The minimum absolute atomic E-state index is 0.365. The van der Waals surface area contributed by atoms with Crippen LogP contribution in [0.5, 0.6) is 0 Å². The molecule has 0 spiro atoms. The molecule has 3 amide bonds. The van der Waals surface area contributed by atoms with Gasteiger partial charge in [0.1, 0.15) is 19.1 Å². The van der Waals surface area contributed by atoms with Crippen molar-refractivity contribution in [3.05, 3.63) is 71.9 Å². The molecule has 3 atom stereocenters. The first-order valence-corrected chi connectivity index (χ1v) is 11.5. The van der Waals surface area contributed by atoms with Gasteiger partial charge in [-0.3, -0.25) is 14.4 Å². The van der Waals surface area contributed by atoms with E-state index in [1.54, 1.807) is 19.1 Å². The average molecular weight is 475 g/mol. The van der Waals surface area contributed by atoms with Gasteiger partial charge in [0.2, 0.25) is 23.2 Å². The predicted octanol–water partition coefficient (Wildman–Crippen LogP) is 2.13. The van der Waals surface area contributed by atoms with Gasteiger partial charge >= 0.3 is 0 Å². The van der Waals surface area contributed by atoms with Gasteiger partial charge < -0.3 is 21.7 Å². The Kier molecular flexibility index (Phi) is 8.33. The summed E-state index contributed by atoms with van der Waals surface area (Å²) in [5.41, 5.74) is 9.36. The van der Waals surface area contributed by atoms with Gasteiger partial charge in [-0.15, -0.1) is 0 Å². The summed E-state index contributed by atoms with van der Waals surface area (Å²) >= 11 is 0. The fourth-order valence-corrected chi connectivity index (χ4v) is 3.46. The molecular weight excluding hydrogens is 442 g/mol. The van der Waals surface area contributed by atoms with Gasteiger partial charge in [-0.1, -0.05) is 36.4 Å². The van der Waals surface area contributed by atoms with Gasteiger partial charge in [0.05, 0.1) is 11.4 Å². The summed E-state index contributed by atoms with van der Waals surface area (Å²) in [6.07, 6.45) is 6.13. The number of rotatable bonds is 8. The number of benzene rings is 2. The third-order valence-electron chi connectivity index (χ3n) is 5.62. The molecular formula is C27H32N5O3+. The highest BCUT2D eigenvalue weighted by Crippen LogP contribution is 2.18. The number of carbonyl (C=O) groups excluding carboxylic acids is 3. The minimum Gasteiger partial charge on any atom is -0.343 e. The Labute approximate surface area is 205 Å². The lowest BCUT2D eigenvalue weighted by Gasteiger charge is -2.19. The van der Waals surface area contributed by atoms with Crippen molar-refractivity contribution in [3.63, 3.8) is 0 Å². The number of para-hydroxylation sites is 1. The van der Waals surface area contributed by atoms with E-state index in [4.69, 9.17) is 5.73 Å². The standard InChI is InChI=1S/C27H31N5O3/c1-17(28)25(33)29-18(2)26(34)30-19(3)27(35)31-22-13-10-20(11-14-22)9-12-21-15-16-32(4)24-8-6-5-7-23(21)24/h5-19H,28H2,1-4H3,(H2,29,30,33,34)/p+1/t17-,18-,19-/m0/s1. The number of amides is 3. The number of carbonyl (C=O) groups is 3. The summed E-state index contributed by atoms with van der Waals surface area (Å²) in [6.45, 7) is 4.64. The summed E-state index contributed by atoms with van der Waals surface area (Å²) in [5.74, 6) is -1.27. The lowest BCUT2D eigenvalue weighted by atomic mass is 10.1. The first kappa shape index (κ1) is 25.6. The largest absolute Gasteiger partial charge is 0.343 e.